The van der Waals surface area contributed by atoms with Crippen molar-refractivity contribution in [1.82, 2.24) is 19.7 Å². The monoisotopic (exact) mass is 459 g/mol. The van der Waals surface area contributed by atoms with E-state index in [-0.39, 0.29) is 18.7 Å². The van der Waals surface area contributed by atoms with Crippen LogP contribution in [-0.2, 0) is 17.9 Å². The maximum absolute atomic E-state index is 14.5. The highest BCUT2D eigenvalue weighted by molar-refractivity contribution is 8.22. The lowest BCUT2D eigenvalue weighted by atomic mass is 9.92. The minimum atomic E-state index is -1.74. The molecule has 31 heavy (non-hydrogen) atoms. The third-order valence-electron chi connectivity index (χ3n) is 4.55. The SMILES string of the molecule is CN(CC(O)(Cn1cncn1)c1ccc(F)cc1F)C(=S)SCc1cccc(C#N)c1. The Hall–Kier alpha value is -2.87. The molecule has 0 aliphatic rings. The average Bonchev–Trinajstić information content (AvgIpc) is 3.24. The molecule has 0 aliphatic heterocycles. The van der Waals surface area contributed by atoms with Gasteiger partial charge in [-0.15, -0.1) is 0 Å². The fourth-order valence-corrected chi connectivity index (χ4v) is 4.11. The summed E-state index contributed by atoms with van der Waals surface area (Å²) in [7, 11) is 1.69. The van der Waals surface area contributed by atoms with Crippen LogP contribution in [0, 0.1) is 23.0 Å². The van der Waals surface area contributed by atoms with E-state index in [9.17, 15) is 13.9 Å². The first-order valence-electron chi connectivity index (χ1n) is 9.18. The third kappa shape index (κ3) is 5.85. The first-order chi connectivity index (χ1) is 14.8. The maximum atomic E-state index is 14.5. The van der Waals surface area contributed by atoms with Gasteiger partial charge in [-0.25, -0.2) is 18.4 Å². The van der Waals surface area contributed by atoms with Crippen LogP contribution in [0.25, 0.3) is 0 Å². The molecule has 0 aliphatic carbocycles. The molecule has 1 aromatic heterocycles. The molecule has 0 fully saturated rings. The van der Waals surface area contributed by atoms with Gasteiger partial charge in [0.15, 0.2) is 0 Å². The number of halogens is 2. The molecule has 1 atom stereocenters. The van der Waals surface area contributed by atoms with Gasteiger partial charge >= 0.3 is 0 Å². The number of nitriles is 1. The molecule has 6 nitrogen and oxygen atoms in total. The second kappa shape index (κ2) is 9.96. The van der Waals surface area contributed by atoms with E-state index >= 15 is 0 Å². The van der Waals surface area contributed by atoms with Gasteiger partial charge in [-0.1, -0.05) is 42.2 Å². The lowest BCUT2D eigenvalue weighted by Crippen LogP contribution is -2.44. The molecule has 2 aromatic carbocycles. The molecule has 1 N–H and O–H groups in total. The van der Waals surface area contributed by atoms with Gasteiger partial charge in [0.1, 0.15) is 34.2 Å². The Morgan fingerprint density at radius 1 is 1.32 bits per heavy atom. The van der Waals surface area contributed by atoms with Crippen molar-refractivity contribution in [1.29, 1.82) is 5.26 Å². The van der Waals surface area contributed by atoms with E-state index < -0.39 is 17.2 Å². The molecule has 0 radical (unpaired) electrons. The van der Waals surface area contributed by atoms with Crippen molar-refractivity contribution in [2.45, 2.75) is 17.9 Å². The number of nitrogens with zero attached hydrogens (tertiary/aromatic N) is 5. The molecule has 0 saturated carbocycles. The highest BCUT2D eigenvalue weighted by atomic mass is 32.2. The van der Waals surface area contributed by atoms with Crippen molar-refractivity contribution in [2.24, 2.45) is 0 Å². The van der Waals surface area contributed by atoms with Crippen molar-refractivity contribution in [3.8, 4) is 6.07 Å². The fraction of sp³-hybridized carbons (Fsp3) is 0.238. The summed E-state index contributed by atoms with van der Waals surface area (Å²) in [5.41, 5.74) is -0.314. The van der Waals surface area contributed by atoms with E-state index in [1.54, 1.807) is 30.1 Å². The van der Waals surface area contributed by atoms with E-state index in [2.05, 4.69) is 16.2 Å². The molecule has 1 heterocycles. The van der Waals surface area contributed by atoms with Crippen LogP contribution in [-0.4, -0.2) is 42.7 Å². The second-order valence-corrected chi connectivity index (χ2v) is 8.58. The summed E-state index contributed by atoms with van der Waals surface area (Å²) in [5, 5.41) is 24.4. The third-order valence-corrected chi connectivity index (χ3v) is 6.25. The van der Waals surface area contributed by atoms with Crippen LogP contribution in [0.5, 0.6) is 0 Å². The summed E-state index contributed by atoms with van der Waals surface area (Å²) in [4.78, 5) is 5.48. The summed E-state index contributed by atoms with van der Waals surface area (Å²) >= 11 is 6.84. The van der Waals surface area contributed by atoms with Crippen LogP contribution >= 0.6 is 24.0 Å². The van der Waals surface area contributed by atoms with Crippen molar-refractivity contribution in [2.75, 3.05) is 13.6 Å². The standard InChI is InChI=1S/C21H19F2N5OS2/c1-27(20(30)31-10-16-4-2-3-15(7-16)9-24)11-21(29,12-28-14-25-13-26-28)18-6-5-17(22)8-19(18)23/h2-8,13-14,29H,10-12H2,1H3. The fourth-order valence-electron chi connectivity index (χ4n) is 3.11. The average molecular weight is 460 g/mol. The summed E-state index contributed by atoms with van der Waals surface area (Å²) in [6, 6.07) is 12.3. The van der Waals surface area contributed by atoms with Crippen LogP contribution in [0.1, 0.15) is 16.7 Å². The number of thioether (sulfide) groups is 1. The summed E-state index contributed by atoms with van der Waals surface area (Å²) in [6.45, 7) is -0.156. The van der Waals surface area contributed by atoms with Gasteiger partial charge in [0, 0.05) is 24.4 Å². The molecule has 0 spiro atoms. The molecular weight excluding hydrogens is 440 g/mol. The highest BCUT2D eigenvalue weighted by Crippen LogP contribution is 2.29. The summed E-state index contributed by atoms with van der Waals surface area (Å²) in [5.74, 6) is -1.06. The number of likely N-dealkylation sites (N-methyl/N-ethyl adjacent to an activating group) is 1. The number of aliphatic hydroxyl groups is 1. The normalized spacial score (nSPS) is 12.7. The Morgan fingerprint density at radius 2 is 2.13 bits per heavy atom. The summed E-state index contributed by atoms with van der Waals surface area (Å²) in [6.07, 6.45) is 2.71. The Kier molecular flexibility index (Phi) is 7.33. The number of benzene rings is 2. The van der Waals surface area contributed by atoms with Crippen LogP contribution in [0.2, 0.25) is 0 Å². The van der Waals surface area contributed by atoms with Crippen molar-refractivity contribution in [3.63, 3.8) is 0 Å². The van der Waals surface area contributed by atoms with Gasteiger partial charge in [0.05, 0.1) is 24.7 Å². The minimum Gasteiger partial charge on any atom is -0.381 e. The quantitative estimate of drug-likeness (QED) is 0.542. The van der Waals surface area contributed by atoms with E-state index in [0.29, 0.717) is 15.6 Å². The van der Waals surface area contributed by atoms with Crippen molar-refractivity contribution < 1.29 is 13.9 Å². The van der Waals surface area contributed by atoms with Crippen LogP contribution in [0.3, 0.4) is 0 Å². The number of aromatic nitrogens is 3. The second-order valence-electron chi connectivity index (χ2n) is 6.97. The minimum absolute atomic E-state index is 0.0561. The predicted octanol–water partition coefficient (Wildman–Crippen LogP) is 3.47. The Bertz CT molecular complexity index is 1100. The zero-order valence-electron chi connectivity index (χ0n) is 16.6. The van der Waals surface area contributed by atoms with Crippen LogP contribution < -0.4 is 0 Å². The van der Waals surface area contributed by atoms with Gasteiger partial charge < -0.3 is 10.0 Å². The van der Waals surface area contributed by atoms with E-state index in [4.69, 9.17) is 17.5 Å². The van der Waals surface area contributed by atoms with E-state index in [1.807, 2.05) is 6.07 Å². The smallest absolute Gasteiger partial charge is 0.137 e. The topological polar surface area (TPSA) is 78.0 Å². The Morgan fingerprint density at radius 3 is 2.81 bits per heavy atom. The van der Waals surface area contributed by atoms with Crippen molar-refractivity contribution in [3.05, 3.63) is 83.4 Å². The van der Waals surface area contributed by atoms with Crippen molar-refractivity contribution >= 4 is 28.3 Å². The van der Waals surface area contributed by atoms with Gasteiger partial charge in [-0.05, 0) is 23.8 Å². The molecule has 0 bridgehead atoms. The lowest BCUT2D eigenvalue weighted by molar-refractivity contribution is -0.00240. The molecule has 10 heteroatoms. The molecule has 1 unspecified atom stereocenters. The molecule has 160 valence electrons. The lowest BCUT2D eigenvalue weighted by Gasteiger charge is -2.34. The predicted molar refractivity (Wildman–Crippen MR) is 118 cm³/mol. The first kappa shape index (κ1) is 22.8. The maximum Gasteiger partial charge on any atom is 0.137 e. The van der Waals surface area contributed by atoms with E-state index in [0.717, 1.165) is 17.7 Å². The van der Waals surface area contributed by atoms with Gasteiger partial charge in [-0.3, -0.25) is 0 Å². The number of hydrogen-bond acceptors (Lipinski definition) is 6. The Labute approximate surface area is 188 Å². The van der Waals surface area contributed by atoms with Crippen LogP contribution in [0.4, 0.5) is 8.78 Å². The molecule has 0 amide bonds. The zero-order chi connectivity index (χ0) is 22.4. The van der Waals surface area contributed by atoms with Gasteiger partial charge in [0.2, 0.25) is 0 Å². The Balaban J connectivity index is 1.76. The molecule has 0 saturated heterocycles. The molecule has 3 aromatic rings. The van der Waals surface area contributed by atoms with E-state index in [1.165, 1.54) is 35.2 Å². The van der Waals surface area contributed by atoms with Crippen LogP contribution in [0.15, 0.2) is 55.1 Å². The largest absolute Gasteiger partial charge is 0.381 e. The summed E-state index contributed by atoms with van der Waals surface area (Å²) < 4.78 is 29.8. The number of thiocarbonyl (C=S) groups is 1. The molecule has 3 rings (SSSR count). The first-order valence-corrected chi connectivity index (χ1v) is 10.6. The number of hydrogen-bond donors (Lipinski definition) is 1. The molecular formula is C21H19F2N5OS2. The highest BCUT2D eigenvalue weighted by Gasteiger charge is 2.35. The van der Waals surface area contributed by atoms with Gasteiger partial charge in [0.25, 0.3) is 0 Å². The zero-order valence-corrected chi connectivity index (χ0v) is 18.2. The number of rotatable bonds is 7. The van der Waals surface area contributed by atoms with Gasteiger partial charge in [-0.2, -0.15) is 10.4 Å².